The van der Waals surface area contributed by atoms with Gasteiger partial charge in [-0.3, -0.25) is 0 Å². The highest BCUT2D eigenvalue weighted by Crippen LogP contribution is 2.27. The van der Waals surface area contributed by atoms with E-state index >= 15 is 0 Å². The molecule has 0 unspecified atom stereocenters. The fourth-order valence-electron chi connectivity index (χ4n) is 2.76. The molecule has 0 bridgehead atoms. The first-order chi connectivity index (χ1) is 12.3. The Labute approximate surface area is 152 Å². The van der Waals surface area contributed by atoms with Crippen molar-refractivity contribution in [2.45, 2.75) is 32.8 Å². The number of ether oxygens (including phenoxy) is 1. The molecule has 6 heteroatoms. The van der Waals surface area contributed by atoms with Crippen LogP contribution in [0, 0.1) is 5.82 Å². The molecule has 0 aliphatic carbocycles. The van der Waals surface area contributed by atoms with Gasteiger partial charge in [0.1, 0.15) is 11.4 Å². The number of carbonyl (C=O) groups excluding carboxylic acids is 1. The highest BCUT2D eigenvalue weighted by molar-refractivity contribution is 5.73. The molecule has 1 aliphatic rings. The summed E-state index contributed by atoms with van der Waals surface area (Å²) in [4.78, 5) is 21.9. The molecule has 0 N–H and O–H groups in total. The van der Waals surface area contributed by atoms with E-state index in [2.05, 4.69) is 9.97 Å². The van der Waals surface area contributed by atoms with Gasteiger partial charge in [-0.25, -0.2) is 19.2 Å². The highest BCUT2D eigenvalue weighted by Gasteiger charge is 2.24. The van der Waals surface area contributed by atoms with Crippen LogP contribution in [0.2, 0.25) is 0 Å². The fraction of sp³-hybridized carbons (Fsp3) is 0.350. The number of carbonyl (C=O) groups is 1. The molecule has 0 saturated carbocycles. The third-order valence-corrected chi connectivity index (χ3v) is 4.01. The second-order valence-corrected chi connectivity index (χ2v) is 7.17. The summed E-state index contributed by atoms with van der Waals surface area (Å²) in [6.07, 6.45) is 5.45. The number of amides is 1. The minimum absolute atomic E-state index is 0.324. The van der Waals surface area contributed by atoms with Crippen molar-refractivity contribution in [3.63, 3.8) is 0 Å². The largest absolute Gasteiger partial charge is 0.444 e. The van der Waals surface area contributed by atoms with Gasteiger partial charge in [0.15, 0.2) is 5.82 Å². The summed E-state index contributed by atoms with van der Waals surface area (Å²) in [7, 11) is 0. The van der Waals surface area contributed by atoms with Gasteiger partial charge in [0.25, 0.3) is 0 Å². The molecular formula is C20H22FN3O2. The van der Waals surface area contributed by atoms with E-state index in [1.165, 1.54) is 6.07 Å². The zero-order valence-corrected chi connectivity index (χ0v) is 15.2. The summed E-state index contributed by atoms with van der Waals surface area (Å²) >= 11 is 0. The van der Waals surface area contributed by atoms with Crippen LogP contribution in [0.3, 0.4) is 0 Å². The number of hydrogen-bond donors (Lipinski definition) is 0. The van der Waals surface area contributed by atoms with Gasteiger partial charge in [-0.1, -0.05) is 12.1 Å². The average molecular weight is 355 g/mol. The van der Waals surface area contributed by atoms with Gasteiger partial charge in [0.05, 0.1) is 5.56 Å². The quantitative estimate of drug-likeness (QED) is 0.806. The molecule has 136 valence electrons. The van der Waals surface area contributed by atoms with Crippen molar-refractivity contribution in [1.29, 1.82) is 0 Å². The van der Waals surface area contributed by atoms with Crippen molar-refractivity contribution in [1.82, 2.24) is 14.9 Å². The first kappa shape index (κ1) is 18.0. The van der Waals surface area contributed by atoms with Gasteiger partial charge in [-0.2, -0.15) is 0 Å². The van der Waals surface area contributed by atoms with Gasteiger partial charge in [0, 0.05) is 25.5 Å². The molecule has 3 rings (SSSR count). The second-order valence-electron chi connectivity index (χ2n) is 7.17. The summed E-state index contributed by atoms with van der Waals surface area (Å²) in [5, 5.41) is 0. The summed E-state index contributed by atoms with van der Waals surface area (Å²) in [5.74, 6) is 0.00875. The monoisotopic (exact) mass is 355 g/mol. The molecule has 1 aliphatic heterocycles. The molecule has 0 saturated heterocycles. The van der Waals surface area contributed by atoms with Crippen LogP contribution >= 0.6 is 0 Å². The molecule has 2 aromatic rings. The van der Waals surface area contributed by atoms with Crippen molar-refractivity contribution >= 4 is 11.7 Å². The molecule has 26 heavy (non-hydrogen) atoms. The Kier molecular flexibility index (Phi) is 5.02. The lowest BCUT2D eigenvalue weighted by Crippen LogP contribution is -2.39. The maximum Gasteiger partial charge on any atom is 0.410 e. The van der Waals surface area contributed by atoms with Crippen LogP contribution in [0.4, 0.5) is 9.18 Å². The zero-order valence-electron chi connectivity index (χ0n) is 15.2. The van der Waals surface area contributed by atoms with Crippen LogP contribution in [0.1, 0.15) is 32.8 Å². The highest BCUT2D eigenvalue weighted by atomic mass is 19.1. The van der Waals surface area contributed by atoms with Crippen LogP contribution < -0.4 is 0 Å². The summed E-state index contributed by atoms with van der Waals surface area (Å²) < 4.78 is 19.9. The molecule has 0 radical (unpaired) electrons. The van der Waals surface area contributed by atoms with Crippen LogP contribution in [0.15, 0.2) is 42.7 Å². The van der Waals surface area contributed by atoms with E-state index in [-0.39, 0.29) is 11.9 Å². The Hall–Kier alpha value is -2.76. The van der Waals surface area contributed by atoms with E-state index in [0.29, 0.717) is 30.9 Å². The third kappa shape index (κ3) is 4.25. The zero-order chi connectivity index (χ0) is 18.7. The molecular weight excluding hydrogens is 333 g/mol. The van der Waals surface area contributed by atoms with Crippen molar-refractivity contribution in [3.8, 4) is 11.4 Å². The van der Waals surface area contributed by atoms with Crippen LogP contribution in [-0.2, 0) is 4.74 Å². The number of aromatic nitrogens is 2. The Morgan fingerprint density at radius 3 is 2.54 bits per heavy atom. The minimum Gasteiger partial charge on any atom is -0.444 e. The first-order valence-electron chi connectivity index (χ1n) is 8.58. The lowest BCUT2D eigenvalue weighted by molar-refractivity contribution is 0.0270. The molecule has 0 fully saturated rings. The lowest BCUT2D eigenvalue weighted by Gasteiger charge is -2.29. The number of nitrogens with zero attached hydrogens (tertiary/aromatic N) is 3. The van der Waals surface area contributed by atoms with E-state index in [1.54, 1.807) is 29.4 Å². The molecule has 2 heterocycles. The number of benzene rings is 1. The Balaban J connectivity index is 1.73. The van der Waals surface area contributed by atoms with Crippen LogP contribution in [0.25, 0.3) is 17.0 Å². The minimum atomic E-state index is -0.514. The third-order valence-electron chi connectivity index (χ3n) is 4.01. The predicted octanol–water partition coefficient (Wildman–Crippen LogP) is 4.31. The van der Waals surface area contributed by atoms with Crippen molar-refractivity contribution in [3.05, 3.63) is 54.1 Å². The van der Waals surface area contributed by atoms with E-state index in [0.717, 1.165) is 11.1 Å². The standard InChI is InChI=1S/C20H22FN3O2/c1-20(2,3)26-19(25)24-11-7-14(8-12-24)15-5-6-16(17(21)13-15)18-22-9-4-10-23-18/h4-7,9-10,13H,8,11-12H2,1-3H3. The van der Waals surface area contributed by atoms with Crippen molar-refractivity contribution in [2.75, 3.05) is 13.1 Å². The van der Waals surface area contributed by atoms with E-state index < -0.39 is 5.60 Å². The fourth-order valence-corrected chi connectivity index (χ4v) is 2.76. The average Bonchev–Trinajstić information content (AvgIpc) is 2.61. The van der Waals surface area contributed by atoms with Gasteiger partial charge in [-0.05, 0) is 56.5 Å². The smallest absolute Gasteiger partial charge is 0.410 e. The maximum atomic E-state index is 14.5. The molecule has 0 atom stereocenters. The normalized spacial score (nSPS) is 14.8. The van der Waals surface area contributed by atoms with Crippen LogP contribution in [0.5, 0.6) is 0 Å². The lowest BCUT2D eigenvalue weighted by atomic mass is 9.98. The number of halogens is 1. The Morgan fingerprint density at radius 2 is 1.96 bits per heavy atom. The predicted molar refractivity (Wildman–Crippen MR) is 97.8 cm³/mol. The van der Waals surface area contributed by atoms with Crippen molar-refractivity contribution < 1.29 is 13.9 Å². The number of hydrogen-bond acceptors (Lipinski definition) is 4. The molecule has 1 amide bonds. The number of rotatable bonds is 2. The van der Waals surface area contributed by atoms with Crippen LogP contribution in [-0.4, -0.2) is 39.7 Å². The Bertz CT molecular complexity index is 829. The molecule has 1 aromatic carbocycles. The van der Waals surface area contributed by atoms with E-state index in [1.807, 2.05) is 32.9 Å². The van der Waals surface area contributed by atoms with Crippen molar-refractivity contribution in [2.24, 2.45) is 0 Å². The Morgan fingerprint density at radius 1 is 1.23 bits per heavy atom. The first-order valence-corrected chi connectivity index (χ1v) is 8.58. The summed E-state index contributed by atoms with van der Waals surface area (Å²) in [6, 6.07) is 6.75. The maximum absolute atomic E-state index is 14.5. The van der Waals surface area contributed by atoms with E-state index in [9.17, 15) is 9.18 Å². The summed E-state index contributed by atoms with van der Waals surface area (Å²) in [6.45, 7) is 6.53. The van der Waals surface area contributed by atoms with Gasteiger partial charge < -0.3 is 9.64 Å². The molecule has 1 aromatic heterocycles. The SMILES string of the molecule is CC(C)(C)OC(=O)N1CC=C(c2ccc(-c3ncccn3)c(F)c2)CC1. The van der Waals surface area contributed by atoms with Gasteiger partial charge in [-0.15, -0.1) is 0 Å². The molecule has 0 spiro atoms. The second kappa shape index (κ2) is 7.23. The van der Waals surface area contributed by atoms with E-state index in [4.69, 9.17) is 4.74 Å². The van der Waals surface area contributed by atoms with Gasteiger partial charge in [0.2, 0.25) is 0 Å². The molecule has 5 nitrogen and oxygen atoms in total. The topological polar surface area (TPSA) is 55.3 Å². The summed E-state index contributed by atoms with van der Waals surface area (Å²) in [5.41, 5.74) is 1.69. The van der Waals surface area contributed by atoms with Gasteiger partial charge >= 0.3 is 6.09 Å².